The molecule has 1 saturated heterocycles. The van der Waals surface area contributed by atoms with Crippen molar-refractivity contribution in [2.75, 3.05) is 4.90 Å². The molecule has 2 unspecified atom stereocenters. The molecule has 0 bridgehead atoms. The van der Waals surface area contributed by atoms with Gasteiger partial charge < -0.3 is 4.90 Å². The summed E-state index contributed by atoms with van der Waals surface area (Å²) in [4.78, 5) is 13.5. The molecule has 0 radical (unpaired) electrons. The Balaban J connectivity index is 2.48. The highest BCUT2D eigenvalue weighted by Gasteiger charge is 2.31. The fourth-order valence-corrected chi connectivity index (χ4v) is 3.05. The van der Waals surface area contributed by atoms with Gasteiger partial charge in [-0.3, -0.25) is 4.79 Å². The van der Waals surface area contributed by atoms with Crippen LogP contribution < -0.4 is 4.90 Å². The van der Waals surface area contributed by atoms with E-state index in [1.807, 2.05) is 18.2 Å². The summed E-state index contributed by atoms with van der Waals surface area (Å²) >= 11 is 6.28. The summed E-state index contributed by atoms with van der Waals surface area (Å²) in [7, 11) is 0. The number of nitrogens with zero attached hydrogens (tertiary/aromatic N) is 1. The predicted molar refractivity (Wildman–Crippen MR) is 72.1 cm³/mol. The topological polar surface area (TPSA) is 20.3 Å². The molecular formula is C14H18ClNO. The van der Waals surface area contributed by atoms with Crippen molar-refractivity contribution in [3.63, 3.8) is 0 Å². The Morgan fingerprint density at radius 2 is 2.24 bits per heavy atom. The van der Waals surface area contributed by atoms with Gasteiger partial charge in [0.15, 0.2) is 6.29 Å². The molecule has 1 aliphatic rings. The van der Waals surface area contributed by atoms with Crippen LogP contribution in [0, 0.1) is 0 Å². The van der Waals surface area contributed by atoms with Gasteiger partial charge >= 0.3 is 0 Å². The lowest BCUT2D eigenvalue weighted by Gasteiger charge is -2.32. The van der Waals surface area contributed by atoms with Crippen molar-refractivity contribution in [3.05, 3.63) is 28.8 Å². The van der Waals surface area contributed by atoms with Gasteiger partial charge in [0.25, 0.3) is 0 Å². The standard InChI is InChI=1S/C14H18ClNO/c1-3-12-8-7-10(2)16(12)14-11(9-17)5-4-6-13(14)15/h4-6,9-10,12H,3,7-8H2,1-2H3. The zero-order chi connectivity index (χ0) is 12.4. The summed E-state index contributed by atoms with van der Waals surface area (Å²) in [5.41, 5.74) is 1.62. The average molecular weight is 252 g/mol. The van der Waals surface area contributed by atoms with Crippen LogP contribution in [0.1, 0.15) is 43.5 Å². The van der Waals surface area contributed by atoms with Gasteiger partial charge in [-0.25, -0.2) is 0 Å². The van der Waals surface area contributed by atoms with Gasteiger partial charge in [-0.15, -0.1) is 0 Å². The number of halogens is 1. The number of hydrogen-bond acceptors (Lipinski definition) is 2. The molecule has 17 heavy (non-hydrogen) atoms. The molecule has 0 N–H and O–H groups in total. The molecule has 0 saturated carbocycles. The lowest BCUT2D eigenvalue weighted by Crippen LogP contribution is -2.35. The van der Waals surface area contributed by atoms with E-state index in [1.165, 1.54) is 12.8 Å². The minimum atomic E-state index is 0.457. The fourth-order valence-electron chi connectivity index (χ4n) is 2.77. The summed E-state index contributed by atoms with van der Waals surface area (Å²) in [5.74, 6) is 0. The van der Waals surface area contributed by atoms with E-state index in [9.17, 15) is 4.79 Å². The van der Waals surface area contributed by atoms with Gasteiger partial charge in [0.2, 0.25) is 0 Å². The summed E-state index contributed by atoms with van der Waals surface area (Å²) in [6.45, 7) is 4.39. The fraction of sp³-hybridized carbons (Fsp3) is 0.500. The molecule has 2 rings (SSSR count). The zero-order valence-corrected chi connectivity index (χ0v) is 11.1. The molecule has 92 valence electrons. The number of hydrogen-bond donors (Lipinski definition) is 0. The maximum Gasteiger partial charge on any atom is 0.152 e. The number of benzene rings is 1. The van der Waals surface area contributed by atoms with Crippen LogP contribution >= 0.6 is 11.6 Å². The Labute approximate surface area is 108 Å². The molecule has 0 aromatic heterocycles. The number of aldehydes is 1. The van der Waals surface area contributed by atoms with Crippen LogP contribution in [-0.2, 0) is 0 Å². The summed E-state index contributed by atoms with van der Waals surface area (Å²) in [6, 6.07) is 6.49. The second kappa shape index (κ2) is 5.09. The van der Waals surface area contributed by atoms with Gasteiger partial charge in [0.1, 0.15) is 0 Å². The van der Waals surface area contributed by atoms with Crippen LogP contribution in [0.2, 0.25) is 5.02 Å². The number of para-hydroxylation sites is 1. The monoisotopic (exact) mass is 251 g/mol. The van der Waals surface area contributed by atoms with Crippen molar-refractivity contribution in [2.24, 2.45) is 0 Å². The highest BCUT2D eigenvalue weighted by atomic mass is 35.5. The Kier molecular flexibility index (Phi) is 3.72. The highest BCUT2D eigenvalue weighted by Crippen LogP contribution is 2.38. The van der Waals surface area contributed by atoms with E-state index < -0.39 is 0 Å². The molecule has 2 atom stereocenters. The van der Waals surface area contributed by atoms with Crippen LogP contribution in [0.15, 0.2) is 18.2 Å². The van der Waals surface area contributed by atoms with Crippen LogP contribution in [0.5, 0.6) is 0 Å². The van der Waals surface area contributed by atoms with Gasteiger partial charge in [-0.2, -0.15) is 0 Å². The third kappa shape index (κ3) is 2.19. The molecule has 1 aromatic rings. The Bertz CT molecular complexity index is 419. The zero-order valence-electron chi connectivity index (χ0n) is 10.3. The van der Waals surface area contributed by atoms with Crippen molar-refractivity contribution in [3.8, 4) is 0 Å². The Hall–Kier alpha value is -1.02. The normalized spacial score (nSPS) is 24.1. The third-order valence-corrected chi connectivity index (χ3v) is 3.97. The van der Waals surface area contributed by atoms with Crippen molar-refractivity contribution < 1.29 is 4.79 Å². The molecule has 1 aliphatic heterocycles. The number of carbonyl (C=O) groups excluding carboxylic acids is 1. The first kappa shape index (κ1) is 12.4. The van der Waals surface area contributed by atoms with E-state index in [0.717, 1.165) is 18.4 Å². The first-order chi connectivity index (χ1) is 8.19. The van der Waals surface area contributed by atoms with Crippen LogP contribution in [0.3, 0.4) is 0 Å². The SMILES string of the molecule is CCC1CCC(C)N1c1c(Cl)cccc1C=O. The lowest BCUT2D eigenvalue weighted by molar-refractivity contribution is 0.112. The van der Waals surface area contributed by atoms with E-state index >= 15 is 0 Å². The molecule has 3 heteroatoms. The largest absolute Gasteiger partial charge is 0.364 e. The molecular weight excluding hydrogens is 234 g/mol. The molecule has 2 nitrogen and oxygen atoms in total. The van der Waals surface area contributed by atoms with Crippen molar-refractivity contribution in [1.82, 2.24) is 0 Å². The first-order valence-corrected chi connectivity index (χ1v) is 6.58. The molecule has 0 spiro atoms. The van der Waals surface area contributed by atoms with Crippen LogP contribution in [0.25, 0.3) is 0 Å². The molecule has 1 fully saturated rings. The van der Waals surface area contributed by atoms with Gasteiger partial charge in [-0.05, 0) is 38.3 Å². The maximum absolute atomic E-state index is 11.2. The van der Waals surface area contributed by atoms with Gasteiger partial charge in [0, 0.05) is 17.6 Å². The quantitative estimate of drug-likeness (QED) is 0.759. The van der Waals surface area contributed by atoms with Gasteiger partial charge in [0.05, 0.1) is 10.7 Å². The van der Waals surface area contributed by atoms with Crippen molar-refractivity contribution >= 4 is 23.6 Å². The second-order valence-corrected chi connectivity index (χ2v) is 5.10. The van der Waals surface area contributed by atoms with E-state index in [-0.39, 0.29) is 0 Å². The van der Waals surface area contributed by atoms with Crippen LogP contribution in [0.4, 0.5) is 5.69 Å². The maximum atomic E-state index is 11.2. The summed E-state index contributed by atoms with van der Waals surface area (Å²) in [5, 5.41) is 0.682. The first-order valence-electron chi connectivity index (χ1n) is 6.21. The van der Waals surface area contributed by atoms with Crippen molar-refractivity contribution in [1.29, 1.82) is 0 Å². The predicted octanol–water partition coefficient (Wildman–Crippen LogP) is 3.92. The van der Waals surface area contributed by atoms with Crippen molar-refractivity contribution in [2.45, 2.75) is 45.2 Å². The smallest absolute Gasteiger partial charge is 0.152 e. The molecule has 0 amide bonds. The van der Waals surface area contributed by atoms with E-state index in [0.29, 0.717) is 22.7 Å². The summed E-state index contributed by atoms with van der Waals surface area (Å²) < 4.78 is 0. The Morgan fingerprint density at radius 3 is 2.88 bits per heavy atom. The van der Waals surface area contributed by atoms with Gasteiger partial charge in [-0.1, -0.05) is 24.6 Å². The highest BCUT2D eigenvalue weighted by molar-refractivity contribution is 6.34. The summed E-state index contributed by atoms with van der Waals surface area (Å²) in [6.07, 6.45) is 4.34. The van der Waals surface area contributed by atoms with E-state index in [1.54, 1.807) is 0 Å². The molecule has 1 heterocycles. The lowest BCUT2D eigenvalue weighted by atomic mass is 10.1. The van der Waals surface area contributed by atoms with E-state index in [4.69, 9.17) is 11.6 Å². The number of rotatable bonds is 3. The van der Waals surface area contributed by atoms with E-state index in [2.05, 4.69) is 18.7 Å². The minimum Gasteiger partial charge on any atom is -0.364 e. The number of anilines is 1. The Morgan fingerprint density at radius 1 is 1.47 bits per heavy atom. The van der Waals surface area contributed by atoms with Crippen LogP contribution in [-0.4, -0.2) is 18.4 Å². The second-order valence-electron chi connectivity index (χ2n) is 4.69. The number of carbonyl (C=O) groups is 1. The minimum absolute atomic E-state index is 0.457. The molecule has 1 aromatic carbocycles. The third-order valence-electron chi connectivity index (χ3n) is 3.66. The average Bonchev–Trinajstić information content (AvgIpc) is 2.70. The molecule has 0 aliphatic carbocycles.